The lowest BCUT2D eigenvalue weighted by Gasteiger charge is -2.28. The molecule has 0 aromatic heterocycles. The molecule has 4 rings (SSSR count). The highest BCUT2D eigenvalue weighted by molar-refractivity contribution is 5.81. The molecule has 2 aromatic rings. The molecule has 0 N–H and O–H groups in total. The smallest absolute Gasteiger partial charge is 0.135 e. The number of carbonyl (C=O) groups is 3. The summed E-state index contributed by atoms with van der Waals surface area (Å²) >= 11 is 0. The minimum Gasteiger partial charge on any atom is -0.300 e. The lowest BCUT2D eigenvalue weighted by Crippen LogP contribution is -2.21. The fourth-order valence-corrected chi connectivity index (χ4v) is 8.66. The van der Waals surface area contributed by atoms with Gasteiger partial charge in [0.05, 0.1) is 0 Å². The summed E-state index contributed by atoms with van der Waals surface area (Å²) in [5.74, 6) is 3.34. The summed E-state index contributed by atoms with van der Waals surface area (Å²) in [6.45, 7) is 4.32. The van der Waals surface area contributed by atoms with Crippen molar-refractivity contribution in [3.05, 3.63) is 70.8 Å². The number of rotatable bonds is 24. The van der Waals surface area contributed by atoms with Gasteiger partial charge in [-0.15, -0.1) is 0 Å². The van der Waals surface area contributed by atoms with E-state index in [1.165, 1.54) is 47.9 Å². The molecule has 50 heavy (non-hydrogen) atoms. The molecule has 0 saturated heterocycles. The SMILES string of the molecule is CCCCC(=O)C1CCC(c2ccc(CCCCCCC(=O)CCCCCCc3ccc(C4CCC(C(=O)CCCC)CC4)cc3)cc2)CC1. The largest absolute Gasteiger partial charge is 0.300 e. The molecule has 2 aromatic carbocycles. The van der Waals surface area contributed by atoms with Gasteiger partial charge in [-0.2, -0.15) is 0 Å². The van der Waals surface area contributed by atoms with Gasteiger partial charge in [0, 0.05) is 37.5 Å². The van der Waals surface area contributed by atoms with Crippen molar-refractivity contribution in [1.82, 2.24) is 0 Å². The summed E-state index contributed by atoms with van der Waals surface area (Å²) in [5.41, 5.74) is 5.77. The standard InChI is InChI=1S/C47H70O3/c1-3-5-19-46(49)43-33-29-41(30-34-43)39-25-21-37(22-26-39)15-11-7-9-13-17-45(48)18-14-10-8-12-16-38-23-27-40(28-24-38)42-31-35-44(36-32-42)47(50)20-6-4-2/h21-28,41-44H,3-20,29-36H2,1-2H3. The van der Waals surface area contributed by atoms with Gasteiger partial charge >= 0.3 is 0 Å². The van der Waals surface area contributed by atoms with E-state index >= 15 is 0 Å². The number of hydrogen-bond acceptors (Lipinski definition) is 3. The molecule has 3 heteroatoms. The first-order valence-corrected chi connectivity index (χ1v) is 21.2. The summed E-state index contributed by atoms with van der Waals surface area (Å²) in [6.07, 6.45) is 27.7. The van der Waals surface area contributed by atoms with E-state index in [0.717, 1.165) is 141 Å². The summed E-state index contributed by atoms with van der Waals surface area (Å²) in [6, 6.07) is 18.6. The van der Waals surface area contributed by atoms with Crippen LogP contribution in [0.5, 0.6) is 0 Å². The molecule has 2 aliphatic carbocycles. The van der Waals surface area contributed by atoms with Crippen LogP contribution in [0.4, 0.5) is 0 Å². The number of unbranched alkanes of at least 4 members (excludes halogenated alkanes) is 8. The van der Waals surface area contributed by atoms with Crippen LogP contribution in [0.3, 0.4) is 0 Å². The molecule has 0 heterocycles. The third-order valence-electron chi connectivity index (χ3n) is 12.2. The third-order valence-corrected chi connectivity index (χ3v) is 12.2. The van der Waals surface area contributed by atoms with Crippen LogP contribution in [0, 0.1) is 11.8 Å². The van der Waals surface area contributed by atoms with Crippen LogP contribution in [0.15, 0.2) is 48.5 Å². The predicted molar refractivity (Wildman–Crippen MR) is 210 cm³/mol. The molecule has 276 valence electrons. The Balaban J connectivity index is 0.965. The van der Waals surface area contributed by atoms with E-state index in [0.29, 0.717) is 41.0 Å². The van der Waals surface area contributed by atoms with Crippen molar-refractivity contribution < 1.29 is 14.4 Å². The predicted octanol–water partition coefficient (Wildman–Crippen LogP) is 13.0. The summed E-state index contributed by atoms with van der Waals surface area (Å²) in [4.78, 5) is 37.2. The van der Waals surface area contributed by atoms with Crippen LogP contribution in [-0.4, -0.2) is 17.3 Å². The van der Waals surface area contributed by atoms with Gasteiger partial charge in [0.25, 0.3) is 0 Å². The molecule has 0 bridgehead atoms. The van der Waals surface area contributed by atoms with Crippen molar-refractivity contribution in [3.63, 3.8) is 0 Å². The Hall–Kier alpha value is -2.55. The Morgan fingerprint density at radius 1 is 0.440 bits per heavy atom. The highest BCUT2D eigenvalue weighted by atomic mass is 16.1. The van der Waals surface area contributed by atoms with Gasteiger partial charge in [0.2, 0.25) is 0 Å². The van der Waals surface area contributed by atoms with Gasteiger partial charge in [-0.25, -0.2) is 0 Å². The van der Waals surface area contributed by atoms with Crippen molar-refractivity contribution in [3.8, 4) is 0 Å². The van der Waals surface area contributed by atoms with Crippen LogP contribution in [0.2, 0.25) is 0 Å². The van der Waals surface area contributed by atoms with Crippen molar-refractivity contribution in [2.45, 2.75) is 193 Å². The van der Waals surface area contributed by atoms with Gasteiger partial charge in [-0.3, -0.25) is 14.4 Å². The topological polar surface area (TPSA) is 51.2 Å². The molecule has 0 radical (unpaired) electrons. The van der Waals surface area contributed by atoms with Crippen molar-refractivity contribution in [1.29, 1.82) is 0 Å². The summed E-state index contributed by atoms with van der Waals surface area (Å²) in [7, 11) is 0. The fraction of sp³-hybridized carbons (Fsp3) is 0.681. The maximum Gasteiger partial charge on any atom is 0.135 e. The molecule has 2 fully saturated rings. The van der Waals surface area contributed by atoms with E-state index in [2.05, 4.69) is 62.4 Å². The average Bonchev–Trinajstić information content (AvgIpc) is 3.16. The minimum atomic E-state index is 0.314. The average molecular weight is 683 g/mol. The maximum absolute atomic E-state index is 12.4. The molecule has 0 atom stereocenters. The third kappa shape index (κ3) is 14.2. The summed E-state index contributed by atoms with van der Waals surface area (Å²) < 4.78 is 0. The quantitative estimate of drug-likeness (QED) is 0.104. The first kappa shape index (κ1) is 40.2. The Morgan fingerprint density at radius 2 is 0.800 bits per heavy atom. The summed E-state index contributed by atoms with van der Waals surface area (Å²) in [5, 5.41) is 0. The van der Waals surface area contributed by atoms with E-state index in [1.807, 2.05) is 0 Å². The lowest BCUT2D eigenvalue weighted by atomic mass is 9.76. The van der Waals surface area contributed by atoms with Crippen LogP contribution in [0.1, 0.15) is 202 Å². The molecular formula is C47H70O3. The van der Waals surface area contributed by atoms with Crippen molar-refractivity contribution in [2.75, 3.05) is 0 Å². The fourth-order valence-electron chi connectivity index (χ4n) is 8.66. The molecule has 2 saturated carbocycles. The zero-order chi connectivity index (χ0) is 35.4. The minimum absolute atomic E-state index is 0.314. The molecule has 0 aliphatic heterocycles. The highest BCUT2D eigenvalue weighted by Gasteiger charge is 2.27. The molecule has 2 aliphatic rings. The van der Waals surface area contributed by atoms with Gasteiger partial charge in [0.15, 0.2) is 0 Å². The first-order valence-electron chi connectivity index (χ1n) is 21.2. The molecular weight excluding hydrogens is 613 g/mol. The van der Waals surface area contributed by atoms with Gasteiger partial charge in [0.1, 0.15) is 17.3 Å². The monoisotopic (exact) mass is 683 g/mol. The van der Waals surface area contributed by atoms with Gasteiger partial charge in [-0.1, -0.05) is 101 Å². The lowest BCUT2D eigenvalue weighted by molar-refractivity contribution is -0.124. The van der Waals surface area contributed by atoms with Gasteiger partial charge in [-0.05, 0) is 137 Å². The number of carbonyl (C=O) groups excluding carboxylic acids is 3. The van der Waals surface area contributed by atoms with Crippen LogP contribution >= 0.6 is 0 Å². The Bertz CT molecular complexity index is 1140. The van der Waals surface area contributed by atoms with E-state index in [4.69, 9.17) is 0 Å². The van der Waals surface area contributed by atoms with Crippen LogP contribution < -0.4 is 0 Å². The van der Waals surface area contributed by atoms with E-state index in [1.54, 1.807) is 0 Å². The molecule has 0 spiro atoms. The molecule has 0 amide bonds. The number of benzene rings is 2. The van der Waals surface area contributed by atoms with Crippen molar-refractivity contribution in [2.24, 2.45) is 11.8 Å². The number of Topliss-reactive ketones (excluding diaryl/α,β-unsaturated/α-hetero) is 3. The second kappa shape index (κ2) is 23.1. The number of ketones is 3. The van der Waals surface area contributed by atoms with Gasteiger partial charge < -0.3 is 0 Å². The highest BCUT2D eigenvalue weighted by Crippen LogP contribution is 2.38. The van der Waals surface area contributed by atoms with E-state index < -0.39 is 0 Å². The number of hydrogen-bond donors (Lipinski definition) is 0. The molecule has 0 unspecified atom stereocenters. The second-order valence-electron chi connectivity index (χ2n) is 16.1. The zero-order valence-electron chi connectivity index (χ0n) is 32.0. The Morgan fingerprint density at radius 3 is 1.16 bits per heavy atom. The van der Waals surface area contributed by atoms with Crippen molar-refractivity contribution >= 4 is 17.3 Å². The molecule has 3 nitrogen and oxygen atoms in total. The first-order chi connectivity index (χ1) is 24.5. The Kier molecular flexibility index (Phi) is 18.6. The normalized spacial score (nSPS) is 20.8. The number of aryl methyl sites for hydroxylation is 2. The Labute approximate surface area is 306 Å². The van der Waals surface area contributed by atoms with Crippen LogP contribution in [0.25, 0.3) is 0 Å². The maximum atomic E-state index is 12.4. The zero-order valence-corrected chi connectivity index (χ0v) is 32.0. The van der Waals surface area contributed by atoms with E-state index in [9.17, 15) is 14.4 Å². The van der Waals surface area contributed by atoms with Crippen LogP contribution in [-0.2, 0) is 27.2 Å². The van der Waals surface area contributed by atoms with E-state index in [-0.39, 0.29) is 0 Å². The second-order valence-corrected chi connectivity index (χ2v) is 16.1.